The van der Waals surface area contributed by atoms with Gasteiger partial charge in [0.2, 0.25) is 0 Å². The highest BCUT2D eigenvalue weighted by molar-refractivity contribution is 9.11. The van der Waals surface area contributed by atoms with E-state index in [0.29, 0.717) is 5.82 Å². The third kappa shape index (κ3) is 2.28. The summed E-state index contributed by atoms with van der Waals surface area (Å²) in [5.74, 6) is 1.49. The lowest BCUT2D eigenvalue weighted by atomic mass is 10.2. The highest BCUT2D eigenvalue weighted by atomic mass is 79.9. The van der Waals surface area contributed by atoms with E-state index in [1.807, 2.05) is 35.7 Å². The first-order chi connectivity index (χ1) is 8.74. The first-order valence-corrected chi connectivity index (χ1v) is 7.62. The number of nitrogens with zero attached hydrogens (tertiary/aromatic N) is 2. The van der Waals surface area contributed by atoms with E-state index in [2.05, 4.69) is 47.0 Å². The van der Waals surface area contributed by atoms with Gasteiger partial charge in [-0.25, -0.2) is 4.98 Å². The van der Waals surface area contributed by atoms with Gasteiger partial charge in [-0.3, -0.25) is 5.10 Å². The molecular formula is C12H7Br2N3S. The van der Waals surface area contributed by atoms with Gasteiger partial charge < -0.3 is 0 Å². The minimum atomic E-state index is 0.692. The number of H-pyrrole nitrogens is 1. The Kier molecular flexibility index (Phi) is 3.32. The molecule has 0 saturated carbocycles. The van der Waals surface area contributed by atoms with Crippen molar-refractivity contribution in [3.8, 4) is 22.1 Å². The van der Waals surface area contributed by atoms with E-state index in [4.69, 9.17) is 0 Å². The van der Waals surface area contributed by atoms with E-state index < -0.39 is 0 Å². The zero-order chi connectivity index (χ0) is 12.5. The highest BCUT2D eigenvalue weighted by Gasteiger charge is 2.11. The predicted octanol–water partition coefficient (Wildman–Crippen LogP) is 4.73. The number of hydrogen-bond acceptors (Lipinski definition) is 3. The predicted molar refractivity (Wildman–Crippen MR) is 80.5 cm³/mol. The minimum Gasteiger partial charge on any atom is -0.258 e. The van der Waals surface area contributed by atoms with E-state index in [0.717, 1.165) is 25.2 Å². The first kappa shape index (κ1) is 12.1. The molecule has 0 amide bonds. The van der Waals surface area contributed by atoms with Crippen LogP contribution in [-0.2, 0) is 0 Å². The summed E-state index contributed by atoms with van der Waals surface area (Å²) in [7, 11) is 0. The Bertz CT molecular complexity index is 676. The van der Waals surface area contributed by atoms with Gasteiger partial charge in [0.05, 0.1) is 4.88 Å². The van der Waals surface area contributed by atoms with Gasteiger partial charge in [0, 0.05) is 14.5 Å². The molecule has 2 heterocycles. The van der Waals surface area contributed by atoms with E-state index in [1.54, 1.807) is 11.3 Å². The maximum Gasteiger partial charge on any atom is 0.182 e. The topological polar surface area (TPSA) is 41.6 Å². The molecule has 0 bridgehead atoms. The second-order valence-electron chi connectivity index (χ2n) is 3.61. The van der Waals surface area contributed by atoms with Gasteiger partial charge in [-0.1, -0.05) is 22.0 Å². The van der Waals surface area contributed by atoms with E-state index in [1.165, 1.54) is 0 Å². The van der Waals surface area contributed by atoms with Crippen LogP contribution >= 0.6 is 43.2 Å². The molecule has 1 aromatic carbocycles. The van der Waals surface area contributed by atoms with E-state index in [9.17, 15) is 0 Å². The van der Waals surface area contributed by atoms with Gasteiger partial charge in [0.25, 0.3) is 0 Å². The molecule has 2 aromatic heterocycles. The SMILES string of the molecule is Brc1ccc(-c2n[nH]c(-c3cccs3)n2)c(Br)c1. The Morgan fingerprint density at radius 3 is 2.78 bits per heavy atom. The molecule has 0 aliphatic heterocycles. The van der Waals surface area contributed by atoms with Crippen LogP contribution in [0.4, 0.5) is 0 Å². The quantitative estimate of drug-likeness (QED) is 0.694. The molecular weight excluding hydrogens is 378 g/mol. The van der Waals surface area contributed by atoms with Crippen molar-refractivity contribution in [1.82, 2.24) is 15.2 Å². The molecule has 0 saturated heterocycles. The highest BCUT2D eigenvalue weighted by Crippen LogP contribution is 2.30. The monoisotopic (exact) mass is 383 g/mol. The fraction of sp³-hybridized carbons (Fsp3) is 0. The first-order valence-electron chi connectivity index (χ1n) is 5.16. The van der Waals surface area contributed by atoms with Crippen molar-refractivity contribution < 1.29 is 0 Å². The summed E-state index contributed by atoms with van der Waals surface area (Å²) in [6, 6.07) is 9.96. The number of rotatable bonds is 2. The summed E-state index contributed by atoms with van der Waals surface area (Å²) in [6.07, 6.45) is 0. The van der Waals surface area contributed by atoms with Crippen molar-refractivity contribution in [2.45, 2.75) is 0 Å². The lowest BCUT2D eigenvalue weighted by Crippen LogP contribution is -1.82. The van der Waals surface area contributed by atoms with E-state index >= 15 is 0 Å². The van der Waals surface area contributed by atoms with Crippen LogP contribution in [0.15, 0.2) is 44.7 Å². The van der Waals surface area contributed by atoms with Crippen LogP contribution in [-0.4, -0.2) is 15.2 Å². The standard InChI is InChI=1S/C12H7Br2N3S/c13-7-3-4-8(9(14)6-7)11-15-12(17-16-11)10-2-1-5-18-10/h1-6H,(H,15,16,17). The molecule has 0 aliphatic rings. The smallest absolute Gasteiger partial charge is 0.182 e. The third-order valence-corrected chi connectivity index (χ3v) is 4.44. The Balaban J connectivity index is 2.03. The Hall–Kier alpha value is -0.980. The second-order valence-corrected chi connectivity index (χ2v) is 6.33. The molecule has 3 rings (SSSR count). The van der Waals surface area contributed by atoms with Gasteiger partial charge in [0.1, 0.15) is 0 Å². The van der Waals surface area contributed by atoms with Gasteiger partial charge >= 0.3 is 0 Å². The van der Waals surface area contributed by atoms with Crippen LogP contribution in [0.1, 0.15) is 0 Å². The van der Waals surface area contributed by atoms with Crippen LogP contribution in [0.2, 0.25) is 0 Å². The average molecular weight is 385 g/mol. The molecule has 1 N–H and O–H groups in total. The molecule has 18 heavy (non-hydrogen) atoms. The number of halogens is 2. The van der Waals surface area contributed by atoms with Gasteiger partial charge in [0.15, 0.2) is 11.6 Å². The zero-order valence-corrected chi connectivity index (χ0v) is 13.0. The fourth-order valence-corrected chi connectivity index (χ4v) is 3.46. The van der Waals surface area contributed by atoms with Crippen molar-refractivity contribution in [2.75, 3.05) is 0 Å². The summed E-state index contributed by atoms with van der Waals surface area (Å²) >= 11 is 8.59. The molecule has 0 radical (unpaired) electrons. The van der Waals surface area contributed by atoms with Crippen molar-refractivity contribution in [2.24, 2.45) is 0 Å². The van der Waals surface area contributed by atoms with Gasteiger partial charge in [-0.15, -0.1) is 11.3 Å². The lowest BCUT2D eigenvalue weighted by Gasteiger charge is -1.99. The van der Waals surface area contributed by atoms with Crippen LogP contribution in [0.5, 0.6) is 0 Å². The van der Waals surface area contributed by atoms with E-state index in [-0.39, 0.29) is 0 Å². The van der Waals surface area contributed by atoms with Crippen LogP contribution < -0.4 is 0 Å². The Morgan fingerprint density at radius 2 is 2.06 bits per heavy atom. The Morgan fingerprint density at radius 1 is 1.17 bits per heavy atom. The number of aromatic amines is 1. The summed E-state index contributed by atoms with van der Waals surface area (Å²) < 4.78 is 1.99. The molecule has 0 fully saturated rings. The molecule has 3 aromatic rings. The average Bonchev–Trinajstić information content (AvgIpc) is 2.99. The molecule has 90 valence electrons. The van der Waals surface area contributed by atoms with Crippen LogP contribution in [0.25, 0.3) is 22.1 Å². The summed E-state index contributed by atoms with van der Waals surface area (Å²) in [5, 5.41) is 9.24. The number of nitrogens with one attached hydrogen (secondary N) is 1. The molecule has 6 heteroatoms. The van der Waals surface area contributed by atoms with Gasteiger partial charge in [-0.05, 0) is 45.6 Å². The third-order valence-electron chi connectivity index (χ3n) is 2.41. The van der Waals surface area contributed by atoms with Crippen molar-refractivity contribution >= 4 is 43.2 Å². The van der Waals surface area contributed by atoms with Crippen molar-refractivity contribution in [3.05, 3.63) is 44.7 Å². The summed E-state index contributed by atoms with van der Waals surface area (Å²) in [6.45, 7) is 0. The molecule has 3 nitrogen and oxygen atoms in total. The number of hydrogen-bond donors (Lipinski definition) is 1. The van der Waals surface area contributed by atoms with Crippen molar-refractivity contribution in [1.29, 1.82) is 0 Å². The Labute approximate surface area is 125 Å². The molecule has 0 spiro atoms. The minimum absolute atomic E-state index is 0.692. The normalized spacial score (nSPS) is 10.8. The number of aromatic nitrogens is 3. The second kappa shape index (κ2) is 4.95. The number of thiophene rings is 1. The number of benzene rings is 1. The maximum atomic E-state index is 4.51. The van der Waals surface area contributed by atoms with Gasteiger partial charge in [-0.2, -0.15) is 5.10 Å². The van der Waals surface area contributed by atoms with Crippen LogP contribution in [0, 0.1) is 0 Å². The summed E-state index contributed by atoms with van der Waals surface area (Å²) in [4.78, 5) is 5.60. The zero-order valence-electron chi connectivity index (χ0n) is 9.02. The largest absolute Gasteiger partial charge is 0.258 e. The maximum absolute atomic E-state index is 4.51. The van der Waals surface area contributed by atoms with Crippen LogP contribution in [0.3, 0.4) is 0 Å². The van der Waals surface area contributed by atoms with Crippen molar-refractivity contribution in [3.63, 3.8) is 0 Å². The lowest BCUT2D eigenvalue weighted by molar-refractivity contribution is 1.10. The molecule has 0 unspecified atom stereocenters. The molecule has 0 atom stereocenters. The molecule has 0 aliphatic carbocycles. The summed E-state index contributed by atoms with van der Waals surface area (Å²) in [5.41, 5.74) is 0.970. The fourth-order valence-electron chi connectivity index (χ4n) is 1.58.